The van der Waals surface area contributed by atoms with E-state index in [1.54, 1.807) is 24.3 Å². The largest absolute Gasteiger partial charge is 0.455 e. The summed E-state index contributed by atoms with van der Waals surface area (Å²) >= 11 is 5.86. The van der Waals surface area contributed by atoms with Gasteiger partial charge in [0.15, 0.2) is 6.61 Å². The van der Waals surface area contributed by atoms with Gasteiger partial charge in [-0.2, -0.15) is 0 Å². The second-order valence-corrected chi connectivity index (χ2v) is 7.13. The minimum absolute atomic E-state index is 0.0590. The maximum absolute atomic E-state index is 12.3. The molecule has 2 atom stereocenters. The van der Waals surface area contributed by atoms with Crippen LogP contribution in [-0.2, 0) is 19.1 Å². The first-order chi connectivity index (χ1) is 13.4. The summed E-state index contributed by atoms with van der Waals surface area (Å²) in [4.78, 5) is 38.1. The van der Waals surface area contributed by atoms with Crippen LogP contribution in [0.2, 0.25) is 5.02 Å². The highest BCUT2D eigenvalue weighted by molar-refractivity contribution is 6.30. The zero-order valence-electron chi connectivity index (χ0n) is 15.4. The third-order valence-electron chi connectivity index (χ3n) is 4.62. The molecule has 1 aliphatic rings. The molecule has 2 aromatic carbocycles. The minimum atomic E-state index is -0.595. The van der Waals surface area contributed by atoms with Gasteiger partial charge in [0.05, 0.1) is 12.0 Å². The molecule has 2 aromatic rings. The van der Waals surface area contributed by atoms with Crippen molar-refractivity contribution in [2.75, 3.05) is 18.1 Å². The molecule has 1 saturated heterocycles. The lowest BCUT2D eigenvalue weighted by Gasteiger charge is -2.17. The van der Waals surface area contributed by atoms with Crippen LogP contribution in [0.15, 0.2) is 54.6 Å². The summed E-state index contributed by atoms with van der Waals surface area (Å²) in [5.74, 6) is -1.69. The zero-order chi connectivity index (χ0) is 20.1. The van der Waals surface area contributed by atoms with Crippen molar-refractivity contribution in [3.05, 3.63) is 65.2 Å². The first-order valence-electron chi connectivity index (χ1n) is 9.01. The lowest BCUT2D eigenvalue weighted by molar-refractivity contribution is -0.152. The van der Waals surface area contributed by atoms with Crippen LogP contribution < -0.4 is 10.2 Å². The van der Waals surface area contributed by atoms with Gasteiger partial charge in [-0.25, -0.2) is 0 Å². The molecular formula is C21H21ClN2O4. The number of anilines is 1. The number of hydrogen-bond acceptors (Lipinski definition) is 4. The van der Waals surface area contributed by atoms with Crippen LogP contribution >= 0.6 is 11.6 Å². The smallest absolute Gasteiger partial charge is 0.311 e. The van der Waals surface area contributed by atoms with E-state index in [1.165, 1.54) is 4.90 Å². The predicted molar refractivity (Wildman–Crippen MR) is 106 cm³/mol. The molecule has 0 unspecified atom stereocenters. The molecule has 0 saturated carbocycles. The van der Waals surface area contributed by atoms with Crippen molar-refractivity contribution in [3.8, 4) is 0 Å². The van der Waals surface area contributed by atoms with Crippen LogP contribution in [0, 0.1) is 5.92 Å². The molecular weight excluding hydrogens is 380 g/mol. The fourth-order valence-corrected chi connectivity index (χ4v) is 3.22. The topological polar surface area (TPSA) is 75.7 Å². The maximum atomic E-state index is 12.3. The van der Waals surface area contributed by atoms with Crippen molar-refractivity contribution < 1.29 is 19.1 Å². The fraction of sp³-hybridized carbons (Fsp3) is 0.286. The van der Waals surface area contributed by atoms with Crippen molar-refractivity contribution in [1.82, 2.24) is 5.32 Å². The number of ether oxygens (including phenoxy) is 1. The van der Waals surface area contributed by atoms with E-state index in [0.29, 0.717) is 10.7 Å². The molecule has 1 aliphatic heterocycles. The molecule has 1 N–H and O–H groups in total. The van der Waals surface area contributed by atoms with Crippen LogP contribution in [0.25, 0.3) is 0 Å². The molecule has 6 nitrogen and oxygen atoms in total. The van der Waals surface area contributed by atoms with Gasteiger partial charge in [0.1, 0.15) is 0 Å². The fourth-order valence-electron chi connectivity index (χ4n) is 3.10. The third kappa shape index (κ3) is 4.89. The van der Waals surface area contributed by atoms with E-state index < -0.39 is 11.9 Å². The second-order valence-electron chi connectivity index (χ2n) is 6.69. The van der Waals surface area contributed by atoms with Gasteiger partial charge in [0, 0.05) is 23.7 Å². The Morgan fingerprint density at radius 1 is 1.18 bits per heavy atom. The number of nitrogens with zero attached hydrogens (tertiary/aromatic N) is 1. The Hall–Kier alpha value is -2.86. The molecule has 0 radical (unpaired) electrons. The Labute approximate surface area is 168 Å². The van der Waals surface area contributed by atoms with Crippen molar-refractivity contribution in [2.45, 2.75) is 19.4 Å². The van der Waals surface area contributed by atoms with E-state index in [9.17, 15) is 14.4 Å². The molecule has 1 fully saturated rings. The molecule has 2 amide bonds. The average Bonchev–Trinajstić information content (AvgIpc) is 3.09. The van der Waals surface area contributed by atoms with E-state index in [0.717, 1.165) is 5.56 Å². The van der Waals surface area contributed by atoms with Crippen molar-refractivity contribution in [1.29, 1.82) is 0 Å². The highest BCUT2D eigenvalue weighted by Gasteiger charge is 2.36. The van der Waals surface area contributed by atoms with E-state index >= 15 is 0 Å². The number of carbonyl (C=O) groups is 3. The summed E-state index contributed by atoms with van der Waals surface area (Å²) in [6, 6.07) is 16.1. The van der Waals surface area contributed by atoms with Crippen LogP contribution in [0.3, 0.4) is 0 Å². The molecule has 0 bridgehead atoms. The van der Waals surface area contributed by atoms with Crippen molar-refractivity contribution >= 4 is 35.1 Å². The summed E-state index contributed by atoms with van der Waals surface area (Å²) in [6.07, 6.45) is 0.0590. The average molecular weight is 401 g/mol. The Bertz CT molecular complexity index is 854. The first-order valence-corrected chi connectivity index (χ1v) is 9.38. The van der Waals surface area contributed by atoms with Crippen molar-refractivity contribution in [3.63, 3.8) is 0 Å². The minimum Gasteiger partial charge on any atom is -0.455 e. The van der Waals surface area contributed by atoms with Crippen molar-refractivity contribution in [2.24, 2.45) is 5.92 Å². The van der Waals surface area contributed by atoms with E-state index in [4.69, 9.17) is 16.3 Å². The Kier molecular flexibility index (Phi) is 6.31. The monoisotopic (exact) mass is 400 g/mol. The number of amides is 2. The summed E-state index contributed by atoms with van der Waals surface area (Å²) in [5.41, 5.74) is 1.64. The summed E-state index contributed by atoms with van der Waals surface area (Å²) in [6.45, 7) is 1.71. The third-order valence-corrected chi connectivity index (χ3v) is 4.87. The van der Waals surface area contributed by atoms with E-state index in [2.05, 4.69) is 5.32 Å². The zero-order valence-corrected chi connectivity index (χ0v) is 16.2. The highest BCUT2D eigenvalue weighted by atomic mass is 35.5. The summed E-state index contributed by atoms with van der Waals surface area (Å²) in [5, 5.41) is 3.36. The number of rotatable bonds is 6. The van der Waals surface area contributed by atoms with E-state index in [-0.39, 0.29) is 37.4 Å². The number of benzene rings is 2. The molecule has 146 valence electrons. The van der Waals surface area contributed by atoms with Crippen LogP contribution in [0.4, 0.5) is 5.69 Å². The molecule has 1 heterocycles. The molecule has 7 heteroatoms. The first kappa shape index (κ1) is 19.9. The van der Waals surface area contributed by atoms with Gasteiger partial charge in [-0.05, 0) is 36.8 Å². The van der Waals surface area contributed by atoms with E-state index in [1.807, 2.05) is 37.3 Å². The van der Waals surface area contributed by atoms with Gasteiger partial charge in [-0.1, -0.05) is 41.9 Å². The summed E-state index contributed by atoms with van der Waals surface area (Å²) in [7, 11) is 0. The quantitative estimate of drug-likeness (QED) is 0.756. The molecule has 0 spiro atoms. The maximum Gasteiger partial charge on any atom is 0.311 e. The van der Waals surface area contributed by atoms with Gasteiger partial charge >= 0.3 is 5.97 Å². The SMILES string of the molecule is C[C@H](NC(=O)COC(=O)[C@H]1CC(=O)N(c2ccc(Cl)cc2)C1)c1ccccc1. The van der Waals surface area contributed by atoms with Crippen LogP contribution in [0.1, 0.15) is 24.9 Å². The van der Waals surface area contributed by atoms with Crippen LogP contribution in [-0.4, -0.2) is 30.9 Å². The van der Waals surface area contributed by atoms with Crippen LogP contribution in [0.5, 0.6) is 0 Å². The molecule has 3 rings (SSSR count). The molecule has 0 aliphatic carbocycles. The van der Waals surface area contributed by atoms with Gasteiger partial charge in [-0.3, -0.25) is 14.4 Å². The highest BCUT2D eigenvalue weighted by Crippen LogP contribution is 2.27. The number of halogens is 1. The summed E-state index contributed by atoms with van der Waals surface area (Å²) < 4.78 is 5.13. The standard InChI is InChI=1S/C21H21ClN2O4/c1-14(15-5-3-2-4-6-15)23-19(25)13-28-21(27)16-11-20(26)24(12-16)18-9-7-17(22)8-10-18/h2-10,14,16H,11-13H2,1H3,(H,23,25)/t14-,16-/m0/s1. The van der Waals surface area contributed by atoms with Gasteiger partial charge in [0.2, 0.25) is 5.91 Å². The Morgan fingerprint density at radius 3 is 2.54 bits per heavy atom. The van der Waals surface area contributed by atoms with Gasteiger partial charge < -0.3 is 15.0 Å². The number of nitrogens with one attached hydrogen (secondary N) is 1. The molecule has 0 aromatic heterocycles. The number of esters is 1. The Balaban J connectivity index is 1.49. The normalized spacial score (nSPS) is 17.3. The van der Waals surface area contributed by atoms with Gasteiger partial charge in [0.25, 0.3) is 5.91 Å². The second kappa shape index (κ2) is 8.89. The lowest BCUT2D eigenvalue weighted by Crippen LogP contribution is -2.32. The number of hydrogen-bond donors (Lipinski definition) is 1. The Morgan fingerprint density at radius 2 is 1.86 bits per heavy atom. The molecule has 28 heavy (non-hydrogen) atoms. The number of carbonyl (C=O) groups excluding carboxylic acids is 3. The van der Waals surface area contributed by atoms with Gasteiger partial charge in [-0.15, -0.1) is 0 Å². The predicted octanol–water partition coefficient (Wildman–Crippen LogP) is 3.11. The lowest BCUT2D eigenvalue weighted by atomic mass is 10.1.